The molecule has 2 rings (SSSR count). The van der Waals surface area contributed by atoms with Crippen molar-refractivity contribution in [1.29, 1.82) is 0 Å². The summed E-state index contributed by atoms with van der Waals surface area (Å²) in [4.78, 5) is 26.0. The molecule has 3 atom stereocenters. The number of aliphatic hydroxyl groups is 1. The van der Waals surface area contributed by atoms with E-state index in [1.807, 2.05) is 0 Å². The lowest BCUT2D eigenvalue weighted by Crippen LogP contribution is -2.51. The number of likely N-dealkylation sites (tertiary alicyclic amines) is 1. The first-order valence-corrected chi connectivity index (χ1v) is 9.67. The first-order chi connectivity index (χ1) is 12.1. The zero-order chi connectivity index (χ0) is 18.1. The van der Waals surface area contributed by atoms with Gasteiger partial charge in [0.25, 0.3) is 0 Å². The number of amides is 2. The SMILES string of the molecule is CCC(=O)N[C@@H]1CC[C@@H](CC(=O)NCCN2CCCCC2)O[C@H]1CO. The van der Waals surface area contributed by atoms with Gasteiger partial charge >= 0.3 is 0 Å². The van der Waals surface area contributed by atoms with Gasteiger partial charge in [0.1, 0.15) is 6.10 Å². The van der Waals surface area contributed by atoms with Gasteiger partial charge in [-0.3, -0.25) is 9.59 Å². The van der Waals surface area contributed by atoms with Gasteiger partial charge in [0.2, 0.25) is 11.8 Å². The van der Waals surface area contributed by atoms with Crippen molar-refractivity contribution in [2.75, 3.05) is 32.8 Å². The van der Waals surface area contributed by atoms with Crippen LogP contribution in [0.1, 0.15) is 51.9 Å². The fourth-order valence-corrected chi connectivity index (χ4v) is 3.57. The summed E-state index contributed by atoms with van der Waals surface area (Å²) in [5.41, 5.74) is 0. The molecular weight excluding hydrogens is 322 g/mol. The lowest BCUT2D eigenvalue weighted by atomic mass is 9.97. The molecule has 0 aromatic heterocycles. The van der Waals surface area contributed by atoms with Crippen molar-refractivity contribution >= 4 is 11.8 Å². The van der Waals surface area contributed by atoms with Crippen molar-refractivity contribution in [3.05, 3.63) is 0 Å². The molecular formula is C18H33N3O4. The van der Waals surface area contributed by atoms with Crippen LogP contribution in [0.5, 0.6) is 0 Å². The van der Waals surface area contributed by atoms with E-state index in [0.717, 1.165) is 26.1 Å². The lowest BCUT2D eigenvalue weighted by molar-refractivity contribution is -0.135. The second-order valence-corrected chi connectivity index (χ2v) is 7.04. The van der Waals surface area contributed by atoms with Gasteiger partial charge in [-0.15, -0.1) is 0 Å². The Hall–Kier alpha value is -1.18. The molecule has 144 valence electrons. The Morgan fingerprint density at radius 1 is 1.16 bits per heavy atom. The number of rotatable bonds is 8. The third-order valence-corrected chi connectivity index (χ3v) is 5.08. The molecule has 3 N–H and O–H groups in total. The molecule has 0 unspecified atom stereocenters. The molecule has 0 aliphatic carbocycles. The van der Waals surface area contributed by atoms with Crippen LogP contribution in [0.2, 0.25) is 0 Å². The topological polar surface area (TPSA) is 90.9 Å². The predicted octanol–water partition coefficient (Wildman–Crippen LogP) is 0.413. The molecule has 0 radical (unpaired) electrons. The molecule has 0 aromatic carbocycles. The molecule has 7 heteroatoms. The van der Waals surface area contributed by atoms with Crippen molar-refractivity contribution in [2.24, 2.45) is 0 Å². The van der Waals surface area contributed by atoms with Gasteiger partial charge < -0.3 is 25.4 Å². The Balaban J connectivity index is 1.66. The van der Waals surface area contributed by atoms with Crippen molar-refractivity contribution < 1.29 is 19.4 Å². The average molecular weight is 355 g/mol. The molecule has 0 spiro atoms. The minimum Gasteiger partial charge on any atom is -0.394 e. The number of nitrogens with one attached hydrogen (secondary N) is 2. The summed E-state index contributed by atoms with van der Waals surface area (Å²) < 4.78 is 5.82. The van der Waals surface area contributed by atoms with Crippen molar-refractivity contribution in [2.45, 2.75) is 70.1 Å². The molecule has 2 heterocycles. The van der Waals surface area contributed by atoms with Crippen LogP contribution in [0.4, 0.5) is 0 Å². The number of piperidine rings is 1. The first-order valence-electron chi connectivity index (χ1n) is 9.67. The van der Waals surface area contributed by atoms with Crippen LogP contribution in [0.25, 0.3) is 0 Å². The highest BCUT2D eigenvalue weighted by Crippen LogP contribution is 2.22. The monoisotopic (exact) mass is 355 g/mol. The van der Waals surface area contributed by atoms with E-state index in [1.54, 1.807) is 6.92 Å². The molecule has 0 saturated carbocycles. The summed E-state index contributed by atoms with van der Waals surface area (Å²) in [7, 11) is 0. The number of hydrogen-bond donors (Lipinski definition) is 3. The molecule has 0 bridgehead atoms. The van der Waals surface area contributed by atoms with Gasteiger partial charge in [-0.05, 0) is 38.8 Å². The number of carbonyl (C=O) groups is 2. The van der Waals surface area contributed by atoms with E-state index in [-0.39, 0.29) is 30.6 Å². The van der Waals surface area contributed by atoms with E-state index in [9.17, 15) is 14.7 Å². The zero-order valence-corrected chi connectivity index (χ0v) is 15.3. The van der Waals surface area contributed by atoms with Crippen molar-refractivity contribution in [3.8, 4) is 0 Å². The molecule has 2 saturated heterocycles. The van der Waals surface area contributed by atoms with Gasteiger partial charge in [-0.1, -0.05) is 13.3 Å². The Morgan fingerprint density at radius 2 is 1.92 bits per heavy atom. The minimum atomic E-state index is -0.435. The lowest BCUT2D eigenvalue weighted by Gasteiger charge is -2.36. The van der Waals surface area contributed by atoms with Crippen LogP contribution in [-0.2, 0) is 14.3 Å². The van der Waals surface area contributed by atoms with Crippen LogP contribution in [0.3, 0.4) is 0 Å². The zero-order valence-electron chi connectivity index (χ0n) is 15.3. The van der Waals surface area contributed by atoms with Crippen LogP contribution >= 0.6 is 0 Å². The van der Waals surface area contributed by atoms with E-state index >= 15 is 0 Å². The summed E-state index contributed by atoms with van der Waals surface area (Å²) in [5.74, 6) is -0.0456. The van der Waals surface area contributed by atoms with Crippen LogP contribution in [0, 0.1) is 0 Å². The molecule has 7 nitrogen and oxygen atoms in total. The van der Waals surface area contributed by atoms with Crippen molar-refractivity contribution in [3.63, 3.8) is 0 Å². The predicted molar refractivity (Wildman–Crippen MR) is 95.1 cm³/mol. The third kappa shape index (κ3) is 6.92. The number of nitrogens with zero attached hydrogens (tertiary/aromatic N) is 1. The molecule has 0 aromatic rings. The van der Waals surface area contributed by atoms with Gasteiger partial charge in [0.15, 0.2) is 0 Å². The van der Waals surface area contributed by atoms with E-state index in [4.69, 9.17) is 4.74 Å². The van der Waals surface area contributed by atoms with Crippen LogP contribution in [-0.4, -0.2) is 72.9 Å². The maximum Gasteiger partial charge on any atom is 0.222 e. The van der Waals surface area contributed by atoms with E-state index in [0.29, 0.717) is 25.8 Å². The highest BCUT2D eigenvalue weighted by atomic mass is 16.5. The molecule has 2 fully saturated rings. The molecule has 25 heavy (non-hydrogen) atoms. The van der Waals surface area contributed by atoms with E-state index < -0.39 is 6.10 Å². The van der Waals surface area contributed by atoms with Crippen molar-refractivity contribution in [1.82, 2.24) is 15.5 Å². The molecule has 2 aliphatic rings. The second kappa shape index (κ2) is 10.7. The highest BCUT2D eigenvalue weighted by molar-refractivity contribution is 5.76. The average Bonchev–Trinajstić information content (AvgIpc) is 2.63. The van der Waals surface area contributed by atoms with Crippen LogP contribution < -0.4 is 10.6 Å². The smallest absolute Gasteiger partial charge is 0.222 e. The summed E-state index contributed by atoms with van der Waals surface area (Å²) in [6.45, 7) is 5.48. The maximum atomic E-state index is 12.1. The largest absolute Gasteiger partial charge is 0.394 e. The summed E-state index contributed by atoms with van der Waals surface area (Å²) in [5, 5.41) is 15.4. The quantitative estimate of drug-likeness (QED) is 0.587. The Morgan fingerprint density at radius 3 is 2.60 bits per heavy atom. The Bertz CT molecular complexity index is 427. The standard InChI is InChI=1S/C18H33N3O4/c1-2-17(23)20-15-7-6-14(25-16(15)13-22)12-18(24)19-8-11-21-9-4-3-5-10-21/h14-16,22H,2-13H2,1H3,(H,19,24)(H,20,23)/t14-,15+,16-/m0/s1. The van der Waals surface area contributed by atoms with Crippen LogP contribution in [0.15, 0.2) is 0 Å². The van der Waals surface area contributed by atoms with Gasteiger partial charge in [0, 0.05) is 19.5 Å². The number of ether oxygens (including phenoxy) is 1. The maximum absolute atomic E-state index is 12.1. The van der Waals surface area contributed by atoms with E-state index in [2.05, 4.69) is 15.5 Å². The van der Waals surface area contributed by atoms with Gasteiger partial charge in [-0.25, -0.2) is 0 Å². The second-order valence-electron chi connectivity index (χ2n) is 7.04. The first kappa shape index (κ1) is 20.1. The molecule has 2 aliphatic heterocycles. The Labute approximate surface area is 150 Å². The summed E-state index contributed by atoms with van der Waals surface area (Å²) in [6.07, 6.45) is 5.35. The number of carbonyl (C=O) groups excluding carboxylic acids is 2. The molecule has 2 amide bonds. The summed E-state index contributed by atoms with van der Waals surface area (Å²) in [6, 6.07) is -0.170. The third-order valence-electron chi connectivity index (χ3n) is 5.08. The minimum absolute atomic E-state index is 0.00487. The number of hydrogen-bond acceptors (Lipinski definition) is 5. The fourth-order valence-electron chi connectivity index (χ4n) is 3.57. The van der Waals surface area contributed by atoms with E-state index in [1.165, 1.54) is 19.3 Å². The normalized spacial score (nSPS) is 27.7. The Kier molecular flexibility index (Phi) is 8.64. The van der Waals surface area contributed by atoms with Gasteiger partial charge in [0.05, 0.1) is 25.2 Å². The van der Waals surface area contributed by atoms with Gasteiger partial charge in [-0.2, -0.15) is 0 Å². The number of aliphatic hydroxyl groups excluding tert-OH is 1. The fraction of sp³-hybridized carbons (Fsp3) is 0.889. The highest BCUT2D eigenvalue weighted by Gasteiger charge is 2.32. The summed E-state index contributed by atoms with van der Waals surface area (Å²) >= 11 is 0.